The molecule has 0 amide bonds. The minimum Gasteiger partial charge on any atom is -0.398 e. The second-order valence-corrected chi connectivity index (χ2v) is 6.33. The van der Waals surface area contributed by atoms with E-state index in [1.165, 1.54) is 42.5 Å². The molecule has 2 aromatic rings. The number of sulfone groups is 1. The zero-order valence-electron chi connectivity index (χ0n) is 10.5. The van der Waals surface area contributed by atoms with Gasteiger partial charge in [0.2, 0.25) is 0 Å². The summed E-state index contributed by atoms with van der Waals surface area (Å²) in [4.78, 5) is -0.268. The summed E-state index contributed by atoms with van der Waals surface area (Å²) in [6, 6.07) is 12.4. The lowest BCUT2D eigenvalue weighted by atomic mass is 10.1. The standard InChI is InChI=1S/C14H13F2NO2S/c15-14(16,11-6-2-1-3-7-11)10-20(18,19)13-9-5-4-8-12(13)17/h1-9H,10,17H2. The molecule has 106 valence electrons. The molecule has 0 aliphatic heterocycles. The summed E-state index contributed by atoms with van der Waals surface area (Å²) in [7, 11) is -4.17. The maximum Gasteiger partial charge on any atom is 0.287 e. The van der Waals surface area contributed by atoms with Gasteiger partial charge < -0.3 is 5.73 Å². The van der Waals surface area contributed by atoms with Crippen LogP contribution in [0.4, 0.5) is 14.5 Å². The van der Waals surface area contributed by atoms with Crippen molar-refractivity contribution in [1.29, 1.82) is 0 Å². The molecule has 0 spiro atoms. The fourth-order valence-electron chi connectivity index (χ4n) is 1.85. The monoisotopic (exact) mass is 297 g/mol. The van der Waals surface area contributed by atoms with Gasteiger partial charge in [0, 0.05) is 5.56 Å². The Kier molecular flexibility index (Phi) is 3.76. The molecule has 0 bridgehead atoms. The van der Waals surface area contributed by atoms with Crippen molar-refractivity contribution in [3.8, 4) is 0 Å². The van der Waals surface area contributed by atoms with Crippen molar-refractivity contribution >= 4 is 15.5 Å². The Bertz CT molecular complexity index is 700. The largest absolute Gasteiger partial charge is 0.398 e. The van der Waals surface area contributed by atoms with Gasteiger partial charge in [0.05, 0.1) is 10.6 Å². The minimum absolute atomic E-state index is 0.0311. The van der Waals surface area contributed by atoms with E-state index in [-0.39, 0.29) is 16.1 Å². The van der Waals surface area contributed by atoms with Crippen LogP contribution in [0.5, 0.6) is 0 Å². The molecule has 0 aliphatic carbocycles. The topological polar surface area (TPSA) is 60.2 Å². The highest BCUT2D eigenvalue weighted by Crippen LogP contribution is 2.32. The molecule has 0 radical (unpaired) electrons. The van der Waals surface area contributed by atoms with Gasteiger partial charge in [-0.2, -0.15) is 0 Å². The van der Waals surface area contributed by atoms with Crippen LogP contribution in [0.25, 0.3) is 0 Å². The number of halogens is 2. The predicted molar refractivity (Wildman–Crippen MR) is 73.2 cm³/mol. The van der Waals surface area contributed by atoms with Gasteiger partial charge in [0.1, 0.15) is 5.75 Å². The summed E-state index contributed by atoms with van der Waals surface area (Å²) < 4.78 is 52.3. The Hall–Kier alpha value is -1.95. The van der Waals surface area contributed by atoms with Crippen molar-refractivity contribution in [2.45, 2.75) is 10.8 Å². The van der Waals surface area contributed by atoms with Crippen LogP contribution in [0.3, 0.4) is 0 Å². The molecule has 20 heavy (non-hydrogen) atoms. The molecule has 0 saturated heterocycles. The average Bonchev–Trinajstić information content (AvgIpc) is 2.39. The van der Waals surface area contributed by atoms with E-state index in [1.54, 1.807) is 12.1 Å². The van der Waals surface area contributed by atoms with Gasteiger partial charge in [-0.3, -0.25) is 0 Å². The van der Waals surface area contributed by atoms with Gasteiger partial charge in [-0.25, -0.2) is 17.2 Å². The van der Waals surface area contributed by atoms with Crippen LogP contribution in [-0.4, -0.2) is 14.2 Å². The number of rotatable bonds is 4. The number of nitrogens with two attached hydrogens (primary N) is 1. The molecule has 0 heterocycles. The summed E-state index contributed by atoms with van der Waals surface area (Å²) in [5, 5.41) is 0. The van der Waals surface area contributed by atoms with Gasteiger partial charge in [-0.05, 0) is 12.1 Å². The highest BCUT2D eigenvalue weighted by atomic mass is 32.2. The Morgan fingerprint density at radius 3 is 2.10 bits per heavy atom. The first kappa shape index (κ1) is 14.5. The Morgan fingerprint density at radius 2 is 1.50 bits per heavy atom. The normalized spacial score (nSPS) is 12.3. The summed E-state index contributed by atoms with van der Waals surface area (Å²) in [6.45, 7) is 0. The lowest BCUT2D eigenvalue weighted by Crippen LogP contribution is -2.26. The van der Waals surface area contributed by atoms with Gasteiger partial charge in [-0.15, -0.1) is 0 Å². The van der Waals surface area contributed by atoms with E-state index in [9.17, 15) is 17.2 Å². The molecule has 2 rings (SSSR count). The lowest BCUT2D eigenvalue weighted by Gasteiger charge is -2.17. The molecule has 0 unspecified atom stereocenters. The quantitative estimate of drug-likeness (QED) is 0.883. The van der Waals surface area contributed by atoms with Crippen LogP contribution in [0.1, 0.15) is 5.56 Å². The van der Waals surface area contributed by atoms with Crippen LogP contribution in [0.15, 0.2) is 59.5 Å². The molecular weight excluding hydrogens is 284 g/mol. The molecule has 2 N–H and O–H groups in total. The fraction of sp³-hybridized carbons (Fsp3) is 0.143. The maximum atomic E-state index is 14.0. The van der Waals surface area contributed by atoms with Crippen LogP contribution >= 0.6 is 0 Å². The zero-order chi connectivity index (χ0) is 14.8. The number of hydrogen-bond acceptors (Lipinski definition) is 3. The van der Waals surface area contributed by atoms with Crippen LogP contribution < -0.4 is 5.73 Å². The fourth-order valence-corrected chi connectivity index (χ4v) is 3.36. The van der Waals surface area contributed by atoms with Crippen molar-refractivity contribution in [3.63, 3.8) is 0 Å². The van der Waals surface area contributed by atoms with E-state index in [4.69, 9.17) is 5.73 Å². The zero-order valence-corrected chi connectivity index (χ0v) is 11.3. The maximum absolute atomic E-state index is 14.0. The van der Waals surface area contributed by atoms with Crippen LogP contribution in [-0.2, 0) is 15.8 Å². The van der Waals surface area contributed by atoms with Crippen molar-refractivity contribution < 1.29 is 17.2 Å². The Balaban J connectivity index is 2.36. The number of anilines is 1. The third-order valence-electron chi connectivity index (χ3n) is 2.82. The number of alkyl halides is 2. The Morgan fingerprint density at radius 1 is 0.950 bits per heavy atom. The number of nitrogen functional groups attached to an aromatic ring is 1. The first-order valence-electron chi connectivity index (χ1n) is 5.83. The van der Waals surface area contributed by atoms with Crippen molar-refractivity contribution in [2.24, 2.45) is 0 Å². The second-order valence-electron chi connectivity index (χ2n) is 4.37. The number of para-hydroxylation sites is 1. The molecule has 0 fully saturated rings. The molecule has 6 heteroatoms. The predicted octanol–water partition coefficient (Wildman–Crippen LogP) is 2.83. The summed E-state index contributed by atoms with van der Waals surface area (Å²) in [5.41, 5.74) is 5.17. The second kappa shape index (κ2) is 5.20. The van der Waals surface area contributed by atoms with Crippen LogP contribution in [0, 0.1) is 0 Å². The van der Waals surface area contributed by atoms with Crippen molar-refractivity contribution in [1.82, 2.24) is 0 Å². The van der Waals surface area contributed by atoms with Crippen LogP contribution in [0.2, 0.25) is 0 Å². The first-order valence-corrected chi connectivity index (χ1v) is 7.49. The van der Waals surface area contributed by atoms with Gasteiger partial charge in [-0.1, -0.05) is 42.5 Å². The third kappa shape index (κ3) is 2.96. The molecule has 0 aromatic heterocycles. The third-order valence-corrected chi connectivity index (χ3v) is 4.61. The first-order chi connectivity index (χ1) is 9.33. The summed E-state index contributed by atoms with van der Waals surface area (Å²) in [5.74, 6) is -4.78. The molecule has 0 aliphatic rings. The van der Waals surface area contributed by atoms with Crippen molar-refractivity contribution in [3.05, 3.63) is 60.2 Å². The van der Waals surface area contributed by atoms with E-state index in [0.717, 1.165) is 0 Å². The Labute approximate surface area is 116 Å². The number of hydrogen-bond donors (Lipinski definition) is 1. The highest BCUT2D eigenvalue weighted by molar-refractivity contribution is 7.91. The van der Waals surface area contributed by atoms with Gasteiger partial charge >= 0.3 is 0 Å². The molecular formula is C14H13F2NO2S. The van der Waals surface area contributed by atoms with E-state index >= 15 is 0 Å². The van der Waals surface area contributed by atoms with Crippen molar-refractivity contribution in [2.75, 3.05) is 11.5 Å². The number of benzene rings is 2. The molecule has 0 atom stereocenters. The van der Waals surface area contributed by atoms with E-state index in [2.05, 4.69) is 0 Å². The molecule has 2 aromatic carbocycles. The van der Waals surface area contributed by atoms with Gasteiger partial charge in [0.15, 0.2) is 9.84 Å². The lowest BCUT2D eigenvalue weighted by molar-refractivity contribution is 0.0213. The van der Waals surface area contributed by atoms with E-state index in [1.807, 2.05) is 0 Å². The average molecular weight is 297 g/mol. The van der Waals surface area contributed by atoms with Gasteiger partial charge in [0.25, 0.3) is 5.92 Å². The van der Waals surface area contributed by atoms with E-state index in [0.29, 0.717) is 0 Å². The molecule has 0 saturated carbocycles. The summed E-state index contributed by atoms with van der Waals surface area (Å²) in [6.07, 6.45) is 0. The summed E-state index contributed by atoms with van der Waals surface area (Å²) >= 11 is 0. The highest BCUT2D eigenvalue weighted by Gasteiger charge is 2.38. The minimum atomic E-state index is -4.17. The molecule has 3 nitrogen and oxygen atoms in total. The smallest absolute Gasteiger partial charge is 0.287 e. The van der Waals surface area contributed by atoms with E-state index < -0.39 is 21.5 Å². The SMILES string of the molecule is Nc1ccccc1S(=O)(=O)CC(F)(F)c1ccccc1.